The summed E-state index contributed by atoms with van der Waals surface area (Å²) in [6.07, 6.45) is 0.579. The van der Waals surface area contributed by atoms with Crippen LogP contribution in [0.15, 0.2) is 29.2 Å². The van der Waals surface area contributed by atoms with Crippen LogP contribution in [0.4, 0.5) is 5.69 Å². The third-order valence-corrected chi connectivity index (χ3v) is 5.21. The SMILES string of the molecule is CCCS(=O)(=O)c1ccccc1-n1nc(C)c(N)c1C. The minimum absolute atomic E-state index is 0.124. The molecule has 108 valence electrons. The van der Waals surface area contributed by atoms with Gasteiger partial charge >= 0.3 is 0 Å². The van der Waals surface area contributed by atoms with E-state index in [1.807, 2.05) is 20.8 Å². The van der Waals surface area contributed by atoms with Crippen LogP contribution in [0.3, 0.4) is 0 Å². The van der Waals surface area contributed by atoms with E-state index in [1.54, 1.807) is 28.9 Å². The number of aromatic nitrogens is 2. The van der Waals surface area contributed by atoms with Gasteiger partial charge in [-0.3, -0.25) is 0 Å². The van der Waals surface area contributed by atoms with Crippen molar-refractivity contribution < 1.29 is 8.42 Å². The van der Waals surface area contributed by atoms with Crippen molar-refractivity contribution in [2.75, 3.05) is 11.5 Å². The fourth-order valence-electron chi connectivity index (χ4n) is 2.16. The van der Waals surface area contributed by atoms with E-state index in [0.717, 1.165) is 5.69 Å². The molecule has 0 amide bonds. The Kier molecular flexibility index (Phi) is 3.85. The Labute approximate surface area is 119 Å². The van der Waals surface area contributed by atoms with Gasteiger partial charge in [-0.15, -0.1) is 0 Å². The summed E-state index contributed by atoms with van der Waals surface area (Å²) in [6.45, 7) is 5.49. The molecule has 2 aromatic rings. The van der Waals surface area contributed by atoms with Crippen LogP contribution >= 0.6 is 0 Å². The number of para-hydroxylation sites is 1. The van der Waals surface area contributed by atoms with Crippen molar-refractivity contribution in [1.82, 2.24) is 9.78 Å². The van der Waals surface area contributed by atoms with Gasteiger partial charge in [0.25, 0.3) is 0 Å². The maximum Gasteiger partial charge on any atom is 0.180 e. The fourth-order valence-corrected chi connectivity index (χ4v) is 3.68. The molecule has 0 saturated heterocycles. The molecule has 0 bridgehead atoms. The molecule has 5 nitrogen and oxygen atoms in total. The largest absolute Gasteiger partial charge is 0.396 e. The highest BCUT2D eigenvalue weighted by atomic mass is 32.2. The second-order valence-corrected chi connectivity index (χ2v) is 6.86. The van der Waals surface area contributed by atoms with Crippen LogP contribution in [0, 0.1) is 13.8 Å². The highest BCUT2D eigenvalue weighted by Gasteiger charge is 2.20. The smallest absolute Gasteiger partial charge is 0.180 e. The summed E-state index contributed by atoms with van der Waals surface area (Å²) in [5.74, 6) is 0.124. The molecule has 0 fully saturated rings. The number of sulfone groups is 1. The third-order valence-electron chi connectivity index (χ3n) is 3.25. The van der Waals surface area contributed by atoms with Gasteiger partial charge in [0.2, 0.25) is 0 Å². The molecule has 6 heteroatoms. The zero-order valence-corrected chi connectivity index (χ0v) is 12.7. The Balaban J connectivity index is 2.67. The van der Waals surface area contributed by atoms with Crippen LogP contribution < -0.4 is 5.73 Å². The lowest BCUT2D eigenvalue weighted by atomic mass is 10.3. The van der Waals surface area contributed by atoms with Crippen LogP contribution in [-0.4, -0.2) is 24.0 Å². The van der Waals surface area contributed by atoms with Crippen LogP contribution in [0.1, 0.15) is 24.7 Å². The molecule has 0 aliphatic carbocycles. The van der Waals surface area contributed by atoms with E-state index < -0.39 is 9.84 Å². The molecule has 1 heterocycles. The molecule has 1 aromatic heterocycles. The quantitative estimate of drug-likeness (QED) is 0.938. The monoisotopic (exact) mass is 293 g/mol. The molecule has 2 rings (SSSR count). The number of anilines is 1. The van der Waals surface area contributed by atoms with Crippen molar-refractivity contribution >= 4 is 15.5 Å². The lowest BCUT2D eigenvalue weighted by Gasteiger charge is -2.11. The number of nitrogen functional groups attached to an aromatic ring is 1. The Morgan fingerprint density at radius 3 is 2.45 bits per heavy atom. The molecule has 0 spiro atoms. The number of aryl methyl sites for hydroxylation is 1. The van der Waals surface area contributed by atoms with Gasteiger partial charge in [-0.25, -0.2) is 13.1 Å². The molecule has 0 radical (unpaired) electrons. The molecule has 0 saturated carbocycles. The fraction of sp³-hybridized carbons (Fsp3) is 0.357. The average Bonchev–Trinajstić information content (AvgIpc) is 2.66. The van der Waals surface area contributed by atoms with E-state index >= 15 is 0 Å². The van der Waals surface area contributed by atoms with Crippen LogP contribution in [0.25, 0.3) is 5.69 Å². The van der Waals surface area contributed by atoms with E-state index in [-0.39, 0.29) is 5.75 Å². The summed E-state index contributed by atoms with van der Waals surface area (Å²) in [4.78, 5) is 0.299. The number of nitrogens with zero attached hydrogens (tertiary/aromatic N) is 2. The first kappa shape index (κ1) is 14.6. The van der Waals surface area contributed by atoms with Crippen LogP contribution in [-0.2, 0) is 9.84 Å². The van der Waals surface area contributed by atoms with Crippen LogP contribution in [0.2, 0.25) is 0 Å². The lowest BCUT2D eigenvalue weighted by Crippen LogP contribution is -2.11. The van der Waals surface area contributed by atoms with E-state index in [4.69, 9.17) is 5.73 Å². The maximum atomic E-state index is 12.4. The summed E-state index contributed by atoms with van der Waals surface area (Å²) in [6, 6.07) is 6.89. The summed E-state index contributed by atoms with van der Waals surface area (Å²) < 4.78 is 26.3. The Hall–Kier alpha value is -1.82. The van der Waals surface area contributed by atoms with E-state index in [1.165, 1.54) is 0 Å². The first-order chi connectivity index (χ1) is 9.38. The van der Waals surface area contributed by atoms with Gasteiger partial charge in [-0.05, 0) is 32.4 Å². The van der Waals surface area contributed by atoms with Gasteiger partial charge in [-0.2, -0.15) is 5.10 Å². The highest BCUT2D eigenvalue weighted by Crippen LogP contribution is 2.25. The predicted octanol–water partition coefficient (Wildman–Crippen LogP) is 2.26. The van der Waals surface area contributed by atoms with Crippen LogP contribution in [0.5, 0.6) is 0 Å². The van der Waals surface area contributed by atoms with Crippen molar-refractivity contribution in [1.29, 1.82) is 0 Å². The highest BCUT2D eigenvalue weighted by molar-refractivity contribution is 7.91. The lowest BCUT2D eigenvalue weighted by molar-refractivity contribution is 0.593. The first-order valence-corrected chi connectivity index (χ1v) is 8.17. The first-order valence-electron chi connectivity index (χ1n) is 6.52. The number of nitrogens with two attached hydrogens (primary N) is 1. The molecule has 2 N–H and O–H groups in total. The second-order valence-electron chi connectivity index (χ2n) is 4.78. The Morgan fingerprint density at radius 1 is 1.25 bits per heavy atom. The van der Waals surface area contributed by atoms with Gasteiger partial charge in [0.15, 0.2) is 9.84 Å². The number of hydrogen-bond acceptors (Lipinski definition) is 4. The minimum Gasteiger partial charge on any atom is -0.396 e. The van der Waals surface area contributed by atoms with Gasteiger partial charge < -0.3 is 5.73 Å². The summed E-state index contributed by atoms with van der Waals surface area (Å²) in [5, 5.41) is 4.34. The molecule has 0 unspecified atom stereocenters. The molecular weight excluding hydrogens is 274 g/mol. The normalized spacial score (nSPS) is 11.8. The average molecular weight is 293 g/mol. The van der Waals surface area contributed by atoms with E-state index in [2.05, 4.69) is 5.10 Å². The number of rotatable bonds is 4. The van der Waals surface area contributed by atoms with Gasteiger partial charge in [-0.1, -0.05) is 19.1 Å². The summed E-state index contributed by atoms with van der Waals surface area (Å²) in [7, 11) is -3.31. The molecule has 0 aliphatic heterocycles. The van der Waals surface area contributed by atoms with Crippen molar-refractivity contribution in [2.24, 2.45) is 0 Å². The molecular formula is C14H19N3O2S. The topological polar surface area (TPSA) is 78.0 Å². The van der Waals surface area contributed by atoms with Gasteiger partial charge in [0, 0.05) is 0 Å². The molecule has 0 aliphatic rings. The van der Waals surface area contributed by atoms with E-state index in [9.17, 15) is 8.42 Å². The Morgan fingerprint density at radius 2 is 1.90 bits per heavy atom. The van der Waals surface area contributed by atoms with Gasteiger partial charge in [0.05, 0.1) is 33.4 Å². The van der Waals surface area contributed by atoms with Crippen molar-refractivity contribution in [3.8, 4) is 5.69 Å². The molecule has 20 heavy (non-hydrogen) atoms. The maximum absolute atomic E-state index is 12.4. The standard InChI is InChI=1S/C14H19N3O2S/c1-4-9-20(18,19)13-8-6-5-7-12(13)17-11(3)14(15)10(2)16-17/h5-8H,4,9,15H2,1-3H3. The Bertz CT molecular complexity index is 733. The zero-order valence-electron chi connectivity index (χ0n) is 11.9. The second kappa shape index (κ2) is 5.28. The summed E-state index contributed by atoms with van der Waals surface area (Å²) >= 11 is 0. The third kappa shape index (κ3) is 2.43. The number of benzene rings is 1. The van der Waals surface area contributed by atoms with Crippen molar-refractivity contribution in [3.63, 3.8) is 0 Å². The number of hydrogen-bond donors (Lipinski definition) is 1. The van der Waals surface area contributed by atoms with Gasteiger partial charge in [0.1, 0.15) is 0 Å². The molecule has 0 atom stereocenters. The minimum atomic E-state index is -3.31. The summed E-state index contributed by atoms with van der Waals surface area (Å²) in [5.41, 5.74) is 8.52. The van der Waals surface area contributed by atoms with E-state index in [0.29, 0.717) is 28.4 Å². The predicted molar refractivity (Wildman–Crippen MR) is 79.8 cm³/mol. The molecule has 1 aromatic carbocycles. The van der Waals surface area contributed by atoms with Crippen molar-refractivity contribution in [3.05, 3.63) is 35.7 Å². The van der Waals surface area contributed by atoms with Crippen molar-refractivity contribution in [2.45, 2.75) is 32.1 Å². The zero-order chi connectivity index (χ0) is 14.9.